The average Bonchev–Trinajstić information content (AvgIpc) is 3.25. The van der Waals surface area contributed by atoms with E-state index in [1.54, 1.807) is 0 Å². The van der Waals surface area contributed by atoms with Crippen LogP contribution in [-0.4, -0.2) is 35.1 Å². The van der Waals surface area contributed by atoms with Crippen LogP contribution >= 0.6 is 0 Å². The van der Waals surface area contributed by atoms with Crippen LogP contribution in [0.5, 0.6) is 11.5 Å². The summed E-state index contributed by atoms with van der Waals surface area (Å²) < 4.78 is 17.3. The Balaban J connectivity index is 1.61. The molecule has 1 heterocycles. The molecule has 1 aliphatic carbocycles. The van der Waals surface area contributed by atoms with Crippen LogP contribution < -0.4 is 9.47 Å². The number of aryl methyl sites for hydroxylation is 1. The highest BCUT2D eigenvalue weighted by atomic mass is 16.5. The number of fused-ring (bicyclic) bond motifs is 1. The van der Waals surface area contributed by atoms with E-state index in [1.807, 2.05) is 38.1 Å². The minimum absolute atomic E-state index is 0.230. The summed E-state index contributed by atoms with van der Waals surface area (Å²) in [5, 5.41) is 18.0. The van der Waals surface area contributed by atoms with Crippen LogP contribution in [-0.2, 0) is 12.8 Å². The smallest absolute Gasteiger partial charge is 0.248 e. The zero-order valence-corrected chi connectivity index (χ0v) is 16.9. The summed E-state index contributed by atoms with van der Waals surface area (Å²) in [5.74, 6) is 2.62. The van der Waals surface area contributed by atoms with Crippen LogP contribution in [0.15, 0.2) is 40.8 Å². The van der Waals surface area contributed by atoms with Crippen molar-refractivity contribution in [3.05, 3.63) is 47.5 Å². The van der Waals surface area contributed by atoms with E-state index in [4.69, 9.17) is 13.9 Å². The van der Waals surface area contributed by atoms with Gasteiger partial charge in [0.1, 0.15) is 0 Å². The van der Waals surface area contributed by atoms with E-state index < -0.39 is 0 Å². The number of aromatic nitrogens is 2. The largest absolute Gasteiger partial charge is 0.490 e. The first-order chi connectivity index (χ1) is 14.2. The molecular weight excluding hydrogens is 368 g/mol. The molecule has 6 heteroatoms. The van der Waals surface area contributed by atoms with Crippen molar-refractivity contribution in [2.24, 2.45) is 5.92 Å². The van der Waals surface area contributed by atoms with Crippen molar-refractivity contribution in [1.82, 2.24) is 10.2 Å². The van der Waals surface area contributed by atoms with Gasteiger partial charge in [-0.3, -0.25) is 0 Å². The van der Waals surface area contributed by atoms with Crippen molar-refractivity contribution in [2.75, 3.05) is 19.8 Å². The third-order valence-corrected chi connectivity index (χ3v) is 5.26. The quantitative estimate of drug-likeness (QED) is 0.644. The Labute approximate surface area is 170 Å². The maximum atomic E-state index is 9.49. The van der Waals surface area contributed by atoms with Gasteiger partial charge in [-0.2, -0.15) is 0 Å². The van der Waals surface area contributed by atoms with Gasteiger partial charge in [0, 0.05) is 17.7 Å². The van der Waals surface area contributed by atoms with Crippen molar-refractivity contribution >= 4 is 0 Å². The molecule has 0 saturated heterocycles. The maximum absolute atomic E-state index is 9.49. The number of rotatable bonds is 7. The lowest BCUT2D eigenvalue weighted by Crippen LogP contribution is -2.17. The summed E-state index contributed by atoms with van der Waals surface area (Å²) in [5.41, 5.74) is 4.28. The van der Waals surface area contributed by atoms with Gasteiger partial charge < -0.3 is 19.0 Å². The highest BCUT2D eigenvalue weighted by Gasteiger charge is 2.20. The SMILES string of the molecule is CCOc1ccc(-c2nnc(-c3ccc4c(c3)C[C@H](CO)CC4)o2)cc1OCC. The second-order valence-corrected chi connectivity index (χ2v) is 7.21. The van der Waals surface area contributed by atoms with Crippen LogP contribution in [0.1, 0.15) is 31.4 Å². The van der Waals surface area contributed by atoms with E-state index in [0.29, 0.717) is 42.4 Å². The standard InChI is InChI=1S/C23H26N2O4/c1-3-27-20-10-9-18(13-21(20)28-4-2)23-25-24-22(29-23)17-8-7-16-6-5-15(14-26)11-19(16)12-17/h7-10,12-13,15,26H,3-6,11,14H2,1-2H3/t15-/m1/s1. The van der Waals surface area contributed by atoms with Crippen molar-refractivity contribution in [2.45, 2.75) is 33.1 Å². The molecule has 0 fully saturated rings. The zero-order chi connectivity index (χ0) is 20.2. The topological polar surface area (TPSA) is 77.6 Å². The van der Waals surface area contributed by atoms with Gasteiger partial charge in [0.15, 0.2) is 11.5 Å². The lowest BCUT2D eigenvalue weighted by Gasteiger charge is -2.23. The van der Waals surface area contributed by atoms with Crippen LogP contribution in [0.2, 0.25) is 0 Å². The van der Waals surface area contributed by atoms with Gasteiger partial charge in [-0.1, -0.05) is 6.07 Å². The van der Waals surface area contributed by atoms with Crippen molar-refractivity contribution in [3.8, 4) is 34.4 Å². The third-order valence-electron chi connectivity index (χ3n) is 5.26. The van der Waals surface area contributed by atoms with Gasteiger partial charge in [-0.15, -0.1) is 10.2 Å². The molecule has 0 spiro atoms. The van der Waals surface area contributed by atoms with Gasteiger partial charge >= 0.3 is 0 Å². The van der Waals surface area contributed by atoms with E-state index in [2.05, 4.69) is 22.3 Å². The van der Waals surface area contributed by atoms with Crippen molar-refractivity contribution in [3.63, 3.8) is 0 Å². The number of aliphatic hydroxyl groups is 1. The first kappa shape index (κ1) is 19.5. The predicted octanol–water partition coefficient (Wildman–Crippen LogP) is 4.30. The molecule has 0 radical (unpaired) electrons. The Bertz CT molecular complexity index is 983. The molecule has 0 amide bonds. The number of aliphatic hydroxyl groups excluding tert-OH is 1. The molecule has 0 aliphatic heterocycles. The molecule has 0 bridgehead atoms. The molecule has 2 aromatic carbocycles. The Kier molecular flexibility index (Phi) is 5.81. The molecule has 0 saturated carbocycles. The van der Waals surface area contributed by atoms with Gasteiger partial charge in [-0.05, 0) is 80.5 Å². The monoisotopic (exact) mass is 394 g/mol. The molecule has 1 aromatic heterocycles. The second-order valence-electron chi connectivity index (χ2n) is 7.21. The van der Waals surface area contributed by atoms with E-state index in [9.17, 15) is 5.11 Å². The van der Waals surface area contributed by atoms with E-state index in [1.165, 1.54) is 11.1 Å². The summed E-state index contributed by atoms with van der Waals surface area (Å²) in [7, 11) is 0. The van der Waals surface area contributed by atoms with Gasteiger partial charge in [-0.25, -0.2) is 0 Å². The summed E-state index contributed by atoms with van der Waals surface area (Å²) in [6.45, 7) is 5.22. The Hall–Kier alpha value is -2.86. The van der Waals surface area contributed by atoms with Crippen molar-refractivity contribution in [1.29, 1.82) is 0 Å². The molecule has 1 N–H and O–H groups in total. The first-order valence-corrected chi connectivity index (χ1v) is 10.2. The Morgan fingerprint density at radius 3 is 2.34 bits per heavy atom. The fourth-order valence-electron chi connectivity index (χ4n) is 3.76. The second kappa shape index (κ2) is 8.66. The summed E-state index contributed by atoms with van der Waals surface area (Å²) >= 11 is 0. The fraction of sp³-hybridized carbons (Fsp3) is 0.391. The number of benzene rings is 2. The molecule has 152 valence electrons. The van der Waals surface area contributed by atoms with Crippen LogP contribution in [0.3, 0.4) is 0 Å². The van der Waals surface area contributed by atoms with E-state index in [0.717, 1.165) is 30.4 Å². The van der Waals surface area contributed by atoms with Crippen LogP contribution in [0, 0.1) is 5.92 Å². The molecule has 1 aliphatic rings. The third kappa shape index (κ3) is 4.12. The average molecular weight is 394 g/mol. The normalized spacial score (nSPS) is 15.8. The van der Waals surface area contributed by atoms with Crippen molar-refractivity contribution < 1.29 is 19.0 Å². The molecule has 4 rings (SSSR count). The lowest BCUT2D eigenvalue weighted by atomic mass is 9.83. The summed E-state index contributed by atoms with van der Waals surface area (Å²) in [4.78, 5) is 0. The minimum atomic E-state index is 0.230. The van der Waals surface area contributed by atoms with Crippen LogP contribution in [0.4, 0.5) is 0 Å². The van der Waals surface area contributed by atoms with Gasteiger partial charge in [0.2, 0.25) is 11.8 Å². The minimum Gasteiger partial charge on any atom is -0.490 e. The molecule has 1 atom stereocenters. The molecule has 0 unspecified atom stereocenters. The first-order valence-electron chi connectivity index (χ1n) is 10.2. The van der Waals surface area contributed by atoms with E-state index >= 15 is 0 Å². The molecular formula is C23H26N2O4. The number of nitrogens with zero attached hydrogens (tertiary/aromatic N) is 2. The highest BCUT2D eigenvalue weighted by Crippen LogP contribution is 2.34. The Morgan fingerprint density at radius 2 is 1.62 bits per heavy atom. The lowest BCUT2D eigenvalue weighted by molar-refractivity contribution is 0.213. The van der Waals surface area contributed by atoms with Crippen LogP contribution in [0.25, 0.3) is 22.9 Å². The summed E-state index contributed by atoms with van der Waals surface area (Å²) in [6, 6.07) is 11.9. The number of hydrogen-bond acceptors (Lipinski definition) is 6. The fourth-order valence-corrected chi connectivity index (χ4v) is 3.76. The number of ether oxygens (including phenoxy) is 2. The molecule has 3 aromatic rings. The van der Waals surface area contributed by atoms with Gasteiger partial charge in [0.05, 0.1) is 13.2 Å². The number of hydrogen-bond donors (Lipinski definition) is 1. The summed E-state index contributed by atoms with van der Waals surface area (Å²) in [6.07, 6.45) is 2.92. The Morgan fingerprint density at radius 1 is 0.931 bits per heavy atom. The van der Waals surface area contributed by atoms with Gasteiger partial charge in [0.25, 0.3) is 0 Å². The predicted molar refractivity (Wildman–Crippen MR) is 110 cm³/mol. The highest BCUT2D eigenvalue weighted by molar-refractivity contribution is 5.62. The molecule has 29 heavy (non-hydrogen) atoms. The maximum Gasteiger partial charge on any atom is 0.248 e. The zero-order valence-electron chi connectivity index (χ0n) is 16.9. The molecule has 6 nitrogen and oxygen atoms in total. The van der Waals surface area contributed by atoms with E-state index in [-0.39, 0.29) is 6.61 Å².